The van der Waals surface area contributed by atoms with Gasteiger partial charge in [0.15, 0.2) is 0 Å². The molecule has 1 unspecified atom stereocenters. The van der Waals surface area contributed by atoms with Gasteiger partial charge in [0.1, 0.15) is 5.82 Å². The first kappa shape index (κ1) is 10.6. The Labute approximate surface area is 84.7 Å². The molecule has 3 N–H and O–H groups in total. The van der Waals surface area contributed by atoms with Crippen molar-refractivity contribution in [3.05, 3.63) is 34.1 Å². The van der Waals surface area contributed by atoms with E-state index in [1.807, 2.05) is 0 Å². The average molecular weight is 248 g/mol. The van der Waals surface area contributed by atoms with E-state index in [4.69, 9.17) is 10.8 Å². The van der Waals surface area contributed by atoms with Gasteiger partial charge in [-0.3, -0.25) is 0 Å². The van der Waals surface area contributed by atoms with E-state index < -0.39 is 18.0 Å². The van der Waals surface area contributed by atoms with Crippen LogP contribution in [0.4, 0.5) is 4.39 Å². The molecule has 0 bridgehead atoms. The Morgan fingerprint density at radius 2 is 2.15 bits per heavy atom. The molecule has 0 amide bonds. The second-order valence-corrected chi connectivity index (χ2v) is 3.85. The lowest BCUT2D eigenvalue weighted by Gasteiger charge is -2.15. The van der Waals surface area contributed by atoms with Crippen LogP contribution < -0.4 is 5.73 Å². The summed E-state index contributed by atoms with van der Waals surface area (Å²) < 4.78 is 13.9. The highest BCUT2D eigenvalue weighted by molar-refractivity contribution is 9.10. The minimum atomic E-state index is -0.754. The van der Waals surface area contributed by atoms with Crippen LogP contribution >= 0.6 is 15.9 Å². The van der Waals surface area contributed by atoms with Crippen LogP contribution in [-0.4, -0.2) is 11.2 Å². The van der Waals surface area contributed by atoms with Crippen molar-refractivity contribution >= 4 is 15.9 Å². The first-order chi connectivity index (χ1) is 6.02. The molecule has 2 nitrogen and oxygen atoms in total. The van der Waals surface area contributed by atoms with Gasteiger partial charge in [-0.2, -0.15) is 0 Å². The Kier molecular flexibility index (Phi) is 3.41. The Morgan fingerprint density at radius 1 is 1.54 bits per heavy atom. The summed E-state index contributed by atoms with van der Waals surface area (Å²) in [5, 5.41) is 9.16. The maximum Gasteiger partial charge on any atom is 0.129 e. The molecule has 0 spiro atoms. The van der Waals surface area contributed by atoms with Gasteiger partial charge >= 0.3 is 0 Å². The molecular formula is C9H11BrFNO. The minimum absolute atomic E-state index is 0.332. The van der Waals surface area contributed by atoms with Gasteiger partial charge in [-0.25, -0.2) is 4.39 Å². The highest BCUT2D eigenvalue weighted by atomic mass is 79.9. The van der Waals surface area contributed by atoms with E-state index in [2.05, 4.69) is 15.9 Å². The van der Waals surface area contributed by atoms with E-state index in [1.54, 1.807) is 12.1 Å². The van der Waals surface area contributed by atoms with E-state index in [9.17, 15) is 4.39 Å². The van der Waals surface area contributed by atoms with E-state index in [0.717, 1.165) is 0 Å². The van der Waals surface area contributed by atoms with Crippen molar-refractivity contribution < 1.29 is 9.50 Å². The SMILES string of the molecule is CC(O)[C@@H](N)c1ccc(Br)cc1F. The van der Waals surface area contributed by atoms with Crippen LogP contribution in [0.15, 0.2) is 22.7 Å². The molecule has 1 rings (SSSR count). The van der Waals surface area contributed by atoms with Crippen molar-refractivity contribution in [3.8, 4) is 0 Å². The van der Waals surface area contributed by atoms with Crippen LogP contribution in [0.3, 0.4) is 0 Å². The molecule has 0 fully saturated rings. The summed E-state index contributed by atoms with van der Waals surface area (Å²) in [5.41, 5.74) is 5.92. The molecule has 2 atom stereocenters. The van der Waals surface area contributed by atoms with Gasteiger partial charge in [0.05, 0.1) is 12.1 Å². The molecule has 0 saturated carbocycles. The van der Waals surface area contributed by atoms with E-state index in [1.165, 1.54) is 13.0 Å². The second-order valence-electron chi connectivity index (χ2n) is 2.93. The predicted octanol–water partition coefficient (Wildman–Crippen LogP) is 1.97. The number of benzene rings is 1. The second kappa shape index (κ2) is 4.17. The molecule has 0 aliphatic carbocycles. The standard InChI is InChI=1S/C9H11BrFNO/c1-5(13)9(12)7-3-2-6(10)4-8(7)11/h2-5,9,13H,12H2,1H3/t5?,9-/m1/s1. The van der Waals surface area contributed by atoms with Gasteiger partial charge in [-0.05, 0) is 19.1 Å². The van der Waals surface area contributed by atoms with Crippen LogP contribution in [0.5, 0.6) is 0 Å². The Balaban J connectivity index is 3.01. The van der Waals surface area contributed by atoms with Gasteiger partial charge in [0, 0.05) is 10.0 Å². The number of rotatable bonds is 2. The van der Waals surface area contributed by atoms with Crippen LogP contribution in [-0.2, 0) is 0 Å². The largest absolute Gasteiger partial charge is 0.391 e. The first-order valence-electron chi connectivity index (χ1n) is 3.91. The topological polar surface area (TPSA) is 46.2 Å². The normalized spacial score (nSPS) is 15.5. The number of halogens is 2. The summed E-state index contributed by atoms with van der Waals surface area (Å²) in [5.74, 6) is -0.400. The third-order valence-corrected chi connectivity index (χ3v) is 2.33. The highest BCUT2D eigenvalue weighted by Crippen LogP contribution is 2.21. The fourth-order valence-electron chi connectivity index (χ4n) is 1.03. The van der Waals surface area contributed by atoms with Gasteiger partial charge in [0.2, 0.25) is 0 Å². The number of hydrogen-bond acceptors (Lipinski definition) is 2. The fourth-order valence-corrected chi connectivity index (χ4v) is 1.36. The minimum Gasteiger partial charge on any atom is -0.391 e. The van der Waals surface area contributed by atoms with Crippen molar-refractivity contribution in [1.29, 1.82) is 0 Å². The van der Waals surface area contributed by atoms with Gasteiger partial charge in [-0.15, -0.1) is 0 Å². The van der Waals surface area contributed by atoms with Gasteiger partial charge in [-0.1, -0.05) is 22.0 Å². The smallest absolute Gasteiger partial charge is 0.129 e. The number of hydrogen-bond donors (Lipinski definition) is 2. The average Bonchev–Trinajstić information content (AvgIpc) is 2.03. The molecule has 0 aliphatic heterocycles. The number of aliphatic hydroxyl groups excluding tert-OH is 1. The zero-order chi connectivity index (χ0) is 10.0. The Bertz CT molecular complexity index is 304. The molecule has 0 saturated heterocycles. The highest BCUT2D eigenvalue weighted by Gasteiger charge is 2.15. The molecule has 1 aromatic carbocycles. The number of aliphatic hydroxyl groups is 1. The molecular weight excluding hydrogens is 237 g/mol. The molecule has 4 heteroatoms. The summed E-state index contributed by atoms with van der Waals surface area (Å²) >= 11 is 3.14. The summed E-state index contributed by atoms with van der Waals surface area (Å²) in [6.07, 6.45) is -0.754. The van der Waals surface area contributed by atoms with Crippen molar-refractivity contribution in [2.75, 3.05) is 0 Å². The Morgan fingerprint density at radius 3 is 2.62 bits per heavy atom. The summed E-state index contributed by atoms with van der Waals surface area (Å²) in [7, 11) is 0. The van der Waals surface area contributed by atoms with E-state index in [-0.39, 0.29) is 0 Å². The van der Waals surface area contributed by atoms with Crippen molar-refractivity contribution in [1.82, 2.24) is 0 Å². The number of nitrogens with two attached hydrogens (primary N) is 1. The molecule has 1 aromatic rings. The fraction of sp³-hybridized carbons (Fsp3) is 0.333. The molecule has 0 radical (unpaired) electrons. The molecule has 72 valence electrons. The summed E-state index contributed by atoms with van der Waals surface area (Å²) in [6.45, 7) is 1.53. The summed E-state index contributed by atoms with van der Waals surface area (Å²) in [4.78, 5) is 0. The third-order valence-electron chi connectivity index (χ3n) is 1.84. The zero-order valence-corrected chi connectivity index (χ0v) is 8.75. The lowest BCUT2D eigenvalue weighted by molar-refractivity contribution is 0.162. The van der Waals surface area contributed by atoms with Gasteiger partial charge in [0.25, 0.3) is 0 Å². The maximum absolute atomic E-state index is 13.2. The monoisotopic (exact) mass is 247 g/mol. The third kappa shape index (κ3) is 2.49. The lowest BCUT2D eigenvalue weighted by Crippen LogP contribution is -2.24. The first-order valence-corrected chi connectivity index (χ1v) is 4.70. The van der Waals surface area contributed by atoms with Crippen LogP contribution in [0, 0.1) is 5.82 Å². The zero-order valence-electron chi connectivity index (χ0n) is 7.17. The van der Waals surface area contributed by atoms with Crippen molar-refractivity contribution in [2.45, 2.75) is 19.1 Å². The lowest BCUT2D eigenvalue weighted by atomic mass is 10.0. The van der Waals surface area contributed by atoms with Crippen LogP contribution in [0.25, 0.3) is 0 Å². The quantitative estimate of drug-likeness (QED) is 0.840. The molecule has 0 aromatic heterocycles. The molecule has 0 heterocycles. The van der Waals surface area contributed by atoms with Crippen LogP contribution in [0.2, 0.25) is 0 Å². The van der Waals surface area contributed by atoms with Crippen LogP contribution in [0.1, 0.15) is 18.5 Å². The van der Waals surface area contributed by atoms with Crippen molar-refractivity contribution in [2.24, 2.45) is 5.73 Å². The maximum atomic E-state index is 13.2. The summed E-state index contributed by atoms with van der Waals surface area (Å²) in [6, 6.07) is 3.92. The van der Waals surface area contributed by atoms with Crippen molar-refractivity contribution in [3.63, 3.8) is 0 Å². The Hall–Kier alpha value is -0.450. The molecule has 0 aliphatic rings. The van der Waals surface area contributed by atoms with Gasteiger partial charge < -0.3 is 10.8 Å². The van der Waals surface area contributed by atoms with E-state index in [0.29, 0.717) is 10.0 Å². The van der Waals surface area contributed by atoms with E-state index >= 15 is 0 Å². The molecule has 13 heavy (non-hydrogen) atoms. The predicted molar refractivity (Wildman–Crippen MR) is 52.7 cm³/mol.